The normalized spacial score (nSPS) is 15.2. The zero-order chi connectivity index (χ0) is 23.2. The molecule has 7 heteroatoms. The SMILES string of the molecule is CCCCCCOc1ccc([C@H]2c3c(-c4ccccc4O)n[nH]c3C(=O)N2CCCO)cc1. The van der Waals surface area contributed by atoms with Crippen LogP contribution < -0.4 is 4.74 Å². The highest BCUT2D eigenvalue weighted by atomic mass is 16.5. The molecule has 1 amide bonds. The van der Waals surface area contributed by atoms with E-state index in [0.29, 0.717) is 36.5 Å². The van der Waals surface area contributed by atoms with Gasteiger partial charge < -0.3 is 19.8 Å². The summed E-state index contributed by atoms with van der Waals surface area (Å²) in [5, 5.41) is 27.1. The Morgan fingerprint density at radius 2 is 1.85 bits per heavy atom. The number of hydrogen-bond donors (Lipinski definition) is 3. The summed E-state index contributed by atoms with van der Waals surface area (Å²) in [5.74, 6) is 0.752. The molecule has 1 aromatic heterocycles. The number of fused-ring (bicyclic) bond motifs is 1. The van der Waals surface area contributed by atoms with Crippen LogP contribution in [0, 0.1) is 0 Å². The van der Waals surface area contributed by atoms with E-state index in [0.717, 1.165) is 29.7 Å². The fraction of sp³-hybridized carbons (Fsp3) is 0.385. The fourth-order valence-electron chi connectivity index (χ4n) is 4.36. The lowest BCUT2D eigenvalue weighted by molar-refractivity contribution is 0.0732. The Balaban J connectivity index is 1.64. The Bertz CT molecular complexity index is 1080. The van der Waals surface area contributed by atoms with Crippen LogP contribution >= 0.6 is 0 Å². The summed E-state index contributed by atoms with van der Waals surface area (Å²) in [7, 11) is 0. The van der Waals surface area contributed by atoms with Crippen molar-refractivity contribution in [1.29, 1.82) is 0 Å². The summed E-state index contributed by atoms with van der Waals surface area (Å²) in [4.78, 5) is 14.9. The van der Waals surface area contributed by atoms with Crippen LogP contribution in [0.5, 0.6) is 11.5 Å². The second kappa shape index (κ2) is 10.5. The maximum Gasteiger partial charge on any atom is 0.273 e. The lowest BCUT2D eigenvalue weighted by atomic mass is 9.95. The number of carbonyl (C=O) groups excluding carboxylic acids is 1. The number of aromatic amines is 1. The molecule has 2 heterocycles. The first kappa shape index (κ1) is 22.9. The maximum atomic E-state index is 13.2. The summed E-state index contributed by atoms with van der Waals surface area (Å²) in [6.07, 6.45) is 5.08. The molecule has 174 valence electrons. The number of hydrogen-bond acceptors (Lipinski definition) is 5. The second-order valence-corrected chi connectivity index (χ2v) is 8.33. The van der Waals surface area contributed by atoms with Gasteiger partial charge in [0.2, 0.25) is 0 Å². The molecule has 0 unspecified atom stereocenters. The van der Waals surface area contributed by atoms with Gasteiger partial charge >= 0.3 is 0 Å². The molecule has 0 aliphatic carbocycles. The molecular formula is C26H31N3O4. The van der Waals surface area contributed by atoms with Crippen LogP contribution in [-0.2, 0) is 0 Å². The van der Waals surface area contributed by atoms with Crippen LogP contribution in [-0.4, -0.2) is 51.0 Å². The Labute approximate surface area is 194 Å². The molecule has 0 fully saturated rings. The lowest BCUT2D eigenvalue weighted by Crippen LogP contribution is -2.31. The zero-order valence-corrected chi connectivity index (χ0v) is 19.0. The van der Waals surface area contributed by atoms with Crippen molar-refractivity contribution in [2.75, 3.05) is 19.8 Å². The quantitative estimate of drug-likeness (QED) is 0.370. The van der Waals surface area contributed by atoms with Crippen LogP contribution in [0.15, 0.2) is 48.5 Å². The monoisotopic (exact) mass is 449 g/mol. The maximum absolute atomic E-state index is 13.2. The molecule has 4 rings (SSSR count). The van der Waals surface area contributed by atoms with Gasteiger partial charge in [-0.25, -0.2) is 0 Å². The molecule has 1 atom stereocenters. The second-order valence-electron chi connectivity index (χ2n) is 8.33. The third-order valence-electron chi connectivity index (χ3n) is 6.04. The lowest BCUT2D eigenvalue weighted by Gasteiger charge is -2.26. The highest BCUT2D eigenvalue weighted by Crippen LogP contribution is 2.44. The van der Waals surface area contributed by atoms with E-state index in [4.69, 9.17) is 4.74 Å². The third-order valence-corrected chi connectivity index (χ3v) is 6.04. The number of aromatic hydroxyl groups is 1. The predicted octanol–water partition coefficient (Wildman–Crippen LogP) is 4.67. The molecule has 1 aliphatic heterocycles. The number of amides is 1. The highest BCUT2D eigenvalue weighted by Gasteiger charge is 2.42. The summed E-state index contributed by atoms with van der Waals surface area (Å²) in [6.45, 7) is 3.29. The van der Waals surface area contributed by atoms with E-state index in [2.05, 4.69) is 17.1 Å². The van der Waals surface area contributed by atoms with Crippen molar-refractivity contribution in [3.05, 3.63) is 65.4 Å². The van der Waals surface area contributed by atoms with Crippen molar-refractivity contribution in [2.24, 2.45) is 0 Å². The minimum absolute atomic E-state index is 0.000174. The van der Waals surface area contributed by atoms with E-state index in [9.17, 15) is 15.0 Å². The number of H-pyrrole nitrogens is 1. The molecule has 3 N–H and O–H groups in total. The number of carbonyl (C=O) groups is 1. The number of aliphatic hydroxyl groups excluding tert-OH is 1. The number of ether oxygens (including phenoxy) is 1. The van der Waals surface area contributed by atoms with E-state index in [-0.39, 0.29) is 24.3 Å². The van der Waals surface area contributed by atoms with Gasteiger partial charge in [-0.2, -0.15) is 5.10 Å². The number of aliphatic hydroxyl groups is 1. The van der Waals surface area contributed by atoms with Crippen molar-refractivity contribution in [2.45, 2.75) is 45.1 Å². The number of para-hydroxylation sites is 1. The minimum Gasteiger partial charge on any atom is -0.507 e. The molecule has 0 spiro atoms. The first-order valence-electron chi connectivity index (χ1n) is 11.7. The van der Waals surface area contributed by atoms with Crippen molar-refractivity contribution < 1.29 is 19.7 Å². The number of nitrogens with zero attached hydrogens (tertiary/aromatic N) is 2. The van der Waals surface area contributed by atoms with Gasteiger partial charge in [0.15, 0.2) is 0 Å². The highest BCUT2D eigenvalue weighted by molar-refractivity contribution is 6.00. The van der Waals surface area contributed by atoms with Gasteiger partial charge in [-0.15, -0.1) is 0 Å². The van der Waals surface area contributed by atoms with Gasteiger partial charge in [0.05, 0.1) is 12.6 Å². The Morgan fingerprint density at radius 3 is 2.58 bits per heavy atom. The molecule has 0 bridgehead atoms. The molecule has 7 nitrogen and oxygen atoms in total. The van der Waals surface area contributed by atoms with Crippen molar-refractivity contribution >= 4 is 5.91 Å². The van der Waals surface area contributed by atoms with E-state index in [1.807, 2.05) is 30.3 Å². The molecule has 0 saturated heterocycles. The largest absolute Gasteiger partial charge is 0.507 e. The number of nitrogens with one attached hydrogen (secondary N) is 1. The first-order valence-corrected chi connectivity index (χ1v) is 11.7. The smallest absolute Gasteiger partial charge is 0.273 e. The van der Waals surface area contributed by atoms with Crippen LogP contribution in [0.1, 0.15) is 66.7 Å². The van der Waals surface area contributed by atoms with Crippen molar-refractivity contribution in [3.8, 4) is 22.8 Å². The molecule has 3 aromatic rings. The van der Waals surface area contributed by atoms with Crippen LogP contribution in [0.4, 0.5) is 0 Å². The average molecular weight is 450 g/mol. The fourth-order valence-corrected chi connectivity index (χ4v) is 4.36. The molecule has 33 heavy (non-hydrogen) atoms. The van der Waals surface area contributed by atoms with Crippen LogP contribution in [0.3, 0.4) is 0 Å². The molecule has 0 saturated carbocycles. The number of phenols is 1. The molecule has 2 aromatic carbocycles. The van der Waals surface area contributed by atoms with Crippen LogP contribution in [0.2, 0.25) is 0 Å². The van der Waals surface area contributed by atoms with E-state index in [1.54, 1.807) is 23.1 Å². The summed E-state index contributed by atoms with van der Waals surface area (Å²) < 4.78 is 5.88. The van der Waals surface area contributed by atoms with Gasteiger partial charge in [-0.1, -0.05) is 50.5 Å². The van der Waals surface area contributed by atoms with E-state index >= 15 is 0 Å². The minimum atomic E-state index is -0.369. The Kier molecular flexibility index (Phi) is 7.29. The van der Waals surface area contributed by atoms with Gasteiger partial charge in [-0.05, 0) is 42.7 Å². The van der Waals surface area contributed by atoms with E-state index in [1.165, 1.54) is 12.8 Å². The number of benzene rings is 2. The third kappa shape index (κ3) is 4.73. The number of aromatic nitrogens is 2. The van der Waals surface area contributed by atoms with Gasteiger partial charge in [0, 0.05) is 24.3 Å². The topological polar surface area (TPSA) is 98.7 Å². The summed E-state index contributed by atoms with van der Waals surface area (Å²) >= 11 is 0. The number of rotatable bonds is 11. The van der Waals surface area contributed by atoms with Gasteiger partial charge in [0.25, 0.3) is 5.91 Å². The predicted molar refractivity (Wildman–Crippen MR) is 126 cm³/mol. The standard InChI is InChI=1S/C26H31N3O4/c1-2-3-4-7-17-33-19-13-11-18(12-14-19)25-22-23(20-9-5-6-10-21(20)31)27-28-24(22)26(32)29(25)15-8-16-30/h5-6,9-14,25,30-31H,2-4,7-8,15-17H2,1H3,(H,27,28)/t25-/m0/s1. The summed E-state index contributed by atoms with van der Waals surface area (Å²) in [5.41, 5.74) is 3.23. The Hall–Kier alpha value is -3.32. The zero-order valence-electron chi connectivity index (χ0n) is 19.0. The van der Waals surface area contributed by atoms with Crippen molar-refractivity contribution in [3.63, 3.8) is 0 Å². The number of phenolic OH excluding ortho intramolecular Hbond substituents is 1. The summed E-state index contributed by atoms with van der Waals surface area (Å²) in [6, 6.07) is 14.4. The van der Waals surface area contributed by atoms with Crippen molar-refractivity contribution in [1.82, 2.24) is 15.1 Å². The number of unbranched alkanes of at least 4 members (excludes halogenated alkanes) is 3. The molecular weight excluding hydrogens is 418 g/mol. The Morgan fingerprint density at radius 1 is 1.06 bits per heavy atom. The van der Waals surface area contributed by atoms with E-state index < -0.39 is 0 Å². The molecule has 0 radical (unpaired) electrons. The van der Waals surface area contributed by atoms with Crippen LogP contribution in [0.25, 0.3) is 11.3 Å². The molecule has 1 aliphatic rings. The van der Waals surface area contributed by atoms with Gasteiger partial charge in [-0.3, -0.25) is 9.89 Å². The van der Waals surface area contributed by atoms with Gasteiger partial charge in [0.1, 0.15) is 22.9 Å². The average Bonchev–Trinajstić information content (AvgIpc) is 3.37. The first-order chi connectivity index (χ1) is 16.2.